The third-order valence-electron chi connectivity index (χ3n) is 20.5. The highest BCUT2D eigenvalue weighted by molar-refractivity contribution is 14.1. The molecule has 0 spiro atoms. The fourth-order valence-corrected chi connectivity index (χ4v) is 89.3. The molecule has 2 atom stereocenters. The smallest absolute Gasteiger partial charge is 0.255 e. The van der Waals surface area contributed by atoms with E-state index in [-0.39, 0.29) is 42.1 Å². The maximum Gasteiger partial charge on any atom is 0.255 e. The number of aromatic nitrogens is 8. The number of amides is 4. The lowest BCUT2D eigenvalue weighted by Crippen LogP contribution is -2.52. The summed E-state index contributed by atoms with van der Waals surface area (Å²) in [6.45, 7) is 11.4. The first-order valence-corrected chi connectivity index (χ1v) is 86.8. The van der Waals surface area contributed by atoms with Crippen molar-refractivity contribution in [3.05, 3.63) is 241 Å². The number of unbranched alkanes of at least 4 members (excludes halogenated alkanes) is 2. The summed E-state index contributed by atoms with van der Waals surface area (Å²) in [7, 11) is 50.9. The lowest BCUT2D eigenvalue weighted by atomic mass is 9.92. The molecule has 0 radical (unpaired) electrons. The second kappa shape index (κ2) is 63.4. The molecule has 5 aliphatic heterocycles. The quantitative estimate of drug-likeness (QED) is 0.0267. The van der Waals surface area contributed by atoms with Gasteiger partial charge in [-0.2, -0.15) is 0 Å². The van der Waals surface area contributed by atoms with Crippen molar-refractivity contribution in [1.29, 1.82) is 0 Å². The van der Waals surface area contributed by atoms with Crippen LogP contribution in [0, 0.1) is 54.8 Å². The second-order valence-electron chi connectivity index (χ2n) is 28.8. The number of Topliss-reactive ketones (excluding diaryl/α,β-unsaturated/α-hetero) is 2. The molecular weight excluding hydrogens is 2630 g/mol. The molecule has 744 valence electrons. The number of aliphatic imine (C=N–C) groups is 2. The van der Waals surface area contributed by atoms with Gasteiger partial charge in [0.25, 0.3) is 11.8 Å². The van der Waals surface area contributed by atoms with Gasteiger partial charge >= 0.3 is 0 Å². The summed E-state index contributed by atoms with van der Waals surface area (Å²) < 4.78 is 5.47. The monoisotopic (exact) mass is 2700 g/mol. The largest absolute Gasteiger partial charge is 0.385 e. The Labute approximate surface area is 951 Å². The molecule has 1 saturated heterocycles. The van der Waals surface area contributed by atoms with E-state index in [4.69, 9.17) is 62.0 Å². The molecule has 2 unspecified atom stereocenters. The Morgan fingerprint density at radius 1 is 0.482 bits per heavy atom. The molecule has 3 N–H and O–H groups in total. The molecule has 1 aliphatic carbocycles. The van der Waals surface area contributed by atoms with Crippen molar-refractivity contribution < 1.29 is 28.8 Å². The number of hydrogen-bond acceptors (Lipinski definition) is 22. The number of rotatable bonds is 16. The van der Waals surface area contributed by atoms with Crippen LogP contribution in [0.5, 0.6) is 0 Å². The zero-order valence-electron chi connectivity index (χ0n) is 72.9. The van der Waals surface area contributed by atoms with Crippen molar-refractivity contribution in [3.8, 4) is 34.2 Å². The molecule has 10 aromatic rings. The van der Waals surface area contributed by atoms with Crippen LogP contribution in [0.25, 0.3) is 10.0 Å². The van der Waals surface area contributed by atoms with Gasteiger partial charge in [-0.05, 0) is 196 Å². The topological polar surface area (TPSA) is 257 Å². The third-order valence-corrected chi connectivity index (χ3v) is 87.0. The summed E-state index contributed by atoms with van der Waals surface area (Å²) in [5, 5.41) is 30.1. The number of carbonyl (C=O) groups is 6. The van der Waals surface area contributed by atoms with Crippen LogP contribution in [-0.4, -0.2) is 121 Å². The van der Waals surface area contributed by atoms with E-state index >= 15 is 0 Å². The van der Waals surface area contributed by atoms with Gasteiger partial charge in [0.05, 0.1) is 31.6 Å². The van der Waals surface area contributed by atoms with Gasteiger partial charge in [-0.25, -0.2) is 9.97 Å². The number of halogens is 3. The maximum absolute atomic E-state index is 13.2. The lowest BCUT2D eigenvalue weighted by Gasteiger charge is -2.29. The van der Waals surface area contributed by atoms with Crippen LogP contribution in [0.2, 0.25) is 10.0 Å². The molecule has 2 fully saturated rings. The van der Waals surface area contributed by atoms with Crippen LogP contribution in [-0.2, 0) is 369 Å². The van der Waals surface area contributed by atoms with Crippen LogP contribution in [0.4, 0.5) is 11.4 Å². The van der Waals surface area contributed by atoms with E-state index in [1.807, 2.05) is 185 Å². The van der Waals surface area contributed by atoms with Gasteiger partial charge in [0.1, 0.15) is 58.0 Å². The highest BCUT2D eigenvalue weighted by atomic mass is 127. The predicted octanol–water partition coefficient (Wildman–Crippen LogP) is 13.6. The number of thiophene rings is 2. The van der Waals surface area contributed by atoms with Crippen molar-refractivity contribution in [2.24, 2.45) is 9.98 Å². The molecule has 4 amide bonds. The van der Waals surface area contributed by atoms with Crippen LogP contribution >= 0.6 is 68.5 Å². The van der Waals surface area contributed by atoms with Crippen LogP contribution < -0.4 is 16.0 Å². The number of benzene rings is 4. The standard InChI is InChI=1S/C41H36ClN7O3S.C24H24N4O3.C16H12ClIN4S.S25.S9/c1-24-36(53-41-38(24)39(27-10-12-28(42)13-11-27)45-22-37-47-46-25(2)49(37)41)18-15-29-14-9-26(21-44-29)6-3-4-19-43-33-8-5-7-31-32(33)23-48(40(31)52)34-17-16-30(50)20-35(34)51;1-2-17-10-9-16(14-26-17)6-3-4-13-25-20-8-5-7-18-19(20)15-28(24(18)31)21-11-12-22(29)27-23(21)30;1-8-13-14(10-3-5-11(17)6-4-10)19-7-12-21-20-9(2)22(12)16(13)23-15(8)18;1-3-5-7-9-11-13-15-17-19-21-23-25-24-22-20-18-16-14-12-10-8-6-4-2;1-3-5-7-9-8-6-4-2/h5,7-14,21,34,43H,3-4,6,16-17,19-20,22-23H2,1-2H3;1,5,7-10,14,21,25H,3-4,6,11-13,15H2,(H,27,29,30);3-6H,7H2,1-2H3;;. The number of pyridine rings is 2. The van der Waals surface area contributed by atoms with E-state index in [2.05, 4.69) is 138 Å². The summed E-state index contributed by atoms with van der Waals surface area (Å²) in [4.78, 5) is 96.8. The Morgan fingerprint density at radius 3 is 1.30 bits per heavy atom. The number of nitrogens with one attached hydrogen (secondary N) is 3. The predicted molar refractivity (Wildman–Crippen MR) is 674 cm³/mol. The van der Waals surface area contributed by atoms with Gasteiger partial charge in [-0.15, -0.1) is 49.5 Å². The maximum atomic E-state index is 13.2. The second-order valence-corrected chi connectivity index (χ2v) is 86.6. The average Bonchev–Trinajstić information content (AvgIpc) is 1.60. The molecule has 6 aliphatic rings. The number of anilines is 2. The van der Waals surface area contributed by atoms with Gasteiger partial charge in [-0.1, -0.05) is 77.7 Å². The minimum absolute atomic E-state index is 0.0415. The lowest BCUT2D eigenvalue weighted by molar-refractivity contribution is -0.137. The zero-order valence-corrected chi connectivity index (χ0v) is 106. The molecule has 0 bridgehead atoms. The van der Waals surface area contributed by atoms with E-state index in [1.54, 1.807) is 207 Å². The fourth-order valence-electron chi connectivity index (χ4n) is 14.4. The Kier molecular flexibility index (Phi) is 52.6. The minimum atomic E-state index is -0.597. The molecule has 60 heteroatoms. The van der Waals surface area contributed by atoms with Crippen molar-refractivity contribution in [2.75, 3.05) is 23.7 Å². The number of piperidine rings is 1. The minimum Gasteiger partial charge on any atom is -0.385 e. The number of hydrogen-bond donors (Lipinski definition) is 3. The summed E-state index contributed by atoms with van der Waals surface area (Å²) in [5.41, 5.74) is 17.0. The van der Waals surface area contributed by atoms with Gasteiger partial charge in [0.15, 0.2) is 17.4 Å². The van der Waals surface area contributed by atoms with E-state index in [0.29, 0.717) is 73.0 Å². The van der Waals surface area contributed by atoms with Crippen molar-refractivity contribution >= 4 is 438 Å². The summed E-state index contributed by atoms with van der Waals surface area (Å²) in [5.74, 6) is 11.4. The van der Waals surface area contributed by atoms with Crippen molar-refractivity contribution in [2.45, 2.75) is 137 Å². The van der Waals surface area contributed by atoms with E-state index in [9.17, 15) is 28.8 Å². The number of nitrogens with zero attached hydrogens (tertiary/aromatic N) is 12. The molecule has 141 heavy (non-hydrogen) atoms. The molecule has 4 aromatic carbocycles. The van der Waals surface area contributed by atoms with Crippen molar-refractivity contribution in [1.82, 2.24) is 54.6 Å². The summed E-state index contributed by atoms with van der Waals surface area (Å²) in [6, 6.07) is 33.7. The molecule has 21 nitrogen and oxygen atoms in total. The van der Waals surface area contributed by atoms with Crippen LogP contribution in [0.15, 0.2) is 132 Å². The van der Waals surface area contributed by atoms with Gasteiger partial charge in [0.2, 0.25) is 11.8 Å². The van der Waals surface area contributed by atoms with E-state index in [1.165, 1.54) is 49.5 Å². The summed E-state index contributed by atoms with van der Waals surface area (Å²) in [6.07, 6.45) is 16.0. The van der Waals surface area contributed by atoms with Gasteiger partial charge < -0.3 is 20.4 Å². The number of imide groups is 1. The van der Waals surface area contributed by atoms with Crippen LogP contribution in [0.3, 0.4) is 0 Å². The highest BCUT2D eigenvalue weighted by Crippen LogP contribution is 2.41. The van der Waals surface area contributed by atoms with Gasteiger partial charge in [-0.3, -0.25) is 53.2 Å². The summed E-state index contributed by atoms with van der Waals surface area (Å²) >= 11 is 36.8. The molecule has 1 saturated carbocycles. The Balaban J connectivity index is 0.000000173. The first kappa shape index (κ1) is 117. The zero-order chi connectivity index (χ0) is 99.8. The molecule has 11 heterocycles. The number of terminal acetylenes is 1. The van der Waals surface area contributed by atoms with Crippen molar-refractivity contribution in [3.63, 3.8) is 0 Å². The van der Waals surface area contributed by atoms with E-state index in [0.717, 1.165) is 162 Å². The fraction of sp³-hybridized carbons (Fsp3) is 0.284. The Morgan fingerprint density at radius 2 is 0.894 bits per heavy atom. The normalized spacial score (nSPS) is 14.0. The van der Waals surface area contributed by atoms with E-state index < -0.39 is 18.0 Å². The van der Waals surface area contributed by atoms with Crippen LogP contribution in [0.1, 0.15) is 174 Å². The molecule has 16 rings (SSSR count). The number of fused-ring (bicyclic) bond motifs is 8. The van der Waals surface area contributed by atoms with Gasteiger partial charge in [0, 0.05) is 429 Å². The molecule has 6 aromatic heterocycles. The first-order valence-electron chi connectivity index (χ1n) is 40.7. The SMILES string of the molecule is C#Cc1ccc(CCCCNc2cccc3c2CN(C2CCC(=O)NC2=O)C3=O)cn1.Cc1c(C#Cc2ccc(CCCCNc3cccc4c3CN(C3CCC(=O)CC3=O)C4=O)cn2)sc2c1C(c1ccc(Cl)cc1)=NCc1nnc(C)n1-2.Cc1c(I)sc2c1C(c1ccc(Cl)cc1)=NCc1nnc(C)n1-2.S=S=S=S=S=S=S=S=S.S=S=S=S=S=S=S=S=S=S=S=S=S=S=S=S=S=S=S=S=S=S=S=S=S. The number of ketones is 2. The number of carbonyl (C=O) groups excluding carboxylic acids is 6. The molecular formula is C81H72Cl2IN15O6S36. The first-order chi connectivity index (χ1) is 68.7. The number of aryl methyl sites for hydroxylation is 4. The average molecular weight is 2700 g/mol. The highest BCUT2D eigenvalue weighted by Gasteiger charge is 2.42. The Bertz CT molecular complexity index is 8140. The third kappa shape index (κ3) is 35.4. The Hall–Kier alpha value is -2.87.